The lowest BCUT2D eigenvalue weighted by Gasteiger charge is -2.37. The maximum atomic E-state index is 14.0. The summed E-state index contributed by atoms with van der Waals surface area (Å²) >= 11 is 0. The van der Waals surface area contributed by atoms with Gasteiger partial charge in [0, 0.05) is 18.2 Å². The van der Waals surface area contributed by atoms with E-state index in [0.717, 1.165) is 22.5 Å². The fourth-order valence-corrected chi connectivity index (χ4v) is 5.21. The van der Waals surface area contributed by atoms with Gasteiger partial charge in [0.25, 0.3) is 10.0 Å². The van der Waals surface area contributed by atoms with Crippen molar-refractivity contribution in [3.8, 4) is 17.6 Å². The van der Waals surface area contributed by atoms with Crippen molar-refractivity contribution in [3.63, 3.8) is 0 Å². The third kappa shape index (κ3) is 6.47. The predicted octanol–water partition coefficient (Wildman–Crippen LogP) is 5.62. The Morgan fingerprint density at radius 1 is 1.18 bits per heavy atom. The van der Waals surface area contributed by atoms with Gasteiger partial charge < -0.3 is 14.2 Å². The van der Waals surface area contributed by atoms with E-state index in [9.17, 15) is 36.0 Å². The highest BCUT2D eigenvalue weighted by Gasteiger charge is 2.51. The smallest absolute Gasteiger partial charge is 0.427 e. The number of rotatable bonds is 7. The Morgan fingerprint density at radius 2 is 1.85 bits per heavy atom. The third-order valence-electron chi connectivity index (χ3n) is 5.92. The summed E-state index contributed by atoms with van der Waals surface area (Å²) in [5.41, 5.74) is -3.77. The second-order valence-corrected chi connectivity index (χ2v) is 11.8. The lowest BCUT2D eigenvalue weighted by Crippen LogP contribution is -2.45. The summed E-state index contributed by atoms with van der Waals surface area (Å²) in [6.45, 7) is 4.44. The van der Waals surface area contributed by atoms with Crippen molar-refractivity contribution < 1.29 is 45.0 Å². The highest BCUT2D eigenvalue weighted by Crippen LogP contribution is 2.41. The van der Waals surface area contributed by atoms with E-state index in [1.54, 1.807) is 13.8 Å². The van der Waals surface area contributed by atoms with Gasteiger partial charge in [0.1, 0.15) is 11.9 Å². The number of carbonyl (C=O) groups is 1. The zero-order chi connectivity index (χ0) is 29.4. The maximum Gasteiger partial charge on any atom is 0.427 e. The minimum Gasteiger partial charge on any atom is -0.494 e. The van der Waals surface area contributed by atoms with Crippen LogP contribution in [0.4, 0.5) is 33.7 Å². The number of amides is 1. The van der Waals surface area contributed by atoms with Gasteiger partial charge in [-0.2, -0.15) is 18.4 Å². The van der Waals surface area contributed by atoms with Crippen LogP contribution >= 0.6 is 0 Å². The van der Waals surface area contributed by atoms with Crippen molar-refractivity contribution in [2.45, 2.75) is 56.9 Å². The van der Waals surface area contributed by atoms with Gasteiger partial charge in [0.15, 0.2) is 11.6 Å². The molecule has 1 unspecified atom stereocenters. The summed E-state index contributed by atoms with van der Waals surface area (Å²) in [5.74, 6) is -1.01. The number of alkyl halides is 3. The van der Waals surface area contributed by atoms with Crippen molar-refractivity contribution in [3.05, 3.63) is 42.2 Å². The third-order valence-corrected chi connectivity index (χ3v) is 7.69. The summed E-state index contributed by atoms with van der Waals surface area (Å²) in [6.07, 6.45) is -6.86. The molecule has 0 fully saturated rings. The number of fused-ring (bicyclic) bond motifs is 1. The Hall–Kier alpha value is -3.73. The molecule has 1 aliphatic rings. The first-order chi connectivity index (χ1) is 17.9. The number of nitrogens with zero attached hydrogens (tertiary/aromatic N) is 2. The molecule has 1 atom stereocenters. The molecule has 9 nitrogen and oxygen atoms in total. The van der Waals surface area contributed by atoms with Crippen LogP contribution in [-0.4, -0.2) is 46.0 Å². The first-order valence-electron chi connectivity index (χ1n) is 11.6. The molecule has 0 aliphatic carbocycles. The predicted molar refractivity (Wildman–Crippen MR) is 133 cm³/mol. The number of carbonyl (C=O) groups excluding carboxylic acids is 1. The van der Waals surface area contributed by atoms with Crippen LogP contribution in [0.5, 0.6) is 11.5 Å². The molecule has 212 valence electrons. The minimum absolute atomic E-state index is 0.0443. The Balaban J connectivity index is 2.03. The molecule has 3 rings (SSSR count). The van der Waals surface area contributed by atoms with Crippen molar-refractivity contribution >= 4 is 27.5 Å². The summed E-state index contributed by atoms with van der Waals surface area (Å²) in [5, 5.41) is 11.6. The molecular formula is C25H27F4N3O6S. The Bertz CT molecular complexity index is 1400. The number of ether oxygens (including phenoxy) is 3. The van der Waals surface area contributed by atoms with Gasteiger partial charge in [0.05, 0.1) is 35.7 Å². The molecule has 0 radical (unpaired) electrons. The first kappa shape index (κ1) is 29.8. The summed E-state index contributed by atoms with van der Waals surface area (Å²) in [6, 6.07) is 8.94. The van der Waals surface area contributed by atoms with Gasteiger partial charge in [-0.3, -0.25) is 9.62 Å². The SMILES string of the molecule is COc1cc(S(=O)(=O)N2CC(CC(C)(C)C#N)Oc3ccc(NC(=O)OC(C)(C)C(F)(F)F)cc32)ccc1F. The molecule has 0 bridgehead atoms. The zero-order valence-corrected chi connectivity index (χ0v) is 22.5. The largest absolute Gasteiger partial charge is 0.494 e. The van der Waals surface area contributed by atoms with Crippen LogP contribution < -0.4 is 19.1 Å². The van der Waals surface area contributed by atoms with Crippen molar-refractivity contribution in [1.29, 1.82) is 5.26 Å². The van der Waals surface area contributed by atoms with E-state index in [2.05, 4.69) is 16.1 Å². The maximum absolute atomic E-state index is 14.0. The van der Waals surface area contributed by atoms with E-state index in [-0.39, 0.29) is 40.7 Å². The van der Waals surface area contributed by atoms with E-state index < -0.39 is 45.2 Å². The number of sulfonamides is 1. The average molecular weight is 574 g/mol. The number of methoxy groups -OCH3 is 1. The van der Waals surface area contributed by atoms with Gasteiger partial charge in [-0.25, -0.2) is 17.6 Å². The second kappa shape index (κ2) is 10.4. The molecule has 2 aromatic carbocycles. The molecule has 1 N–H and O–H groups in total. The summed E-state index contributed by atoms with van der Waals surface area (Å²) in [7, 11) is -3.21. The lowest BCUT2D eigenvalue weighted by atomic mass is 9.88. The molecule has 0 saturated carbocycles. The zero-order valence-electron chi connectivity index (χ0n) is 21.7. The summed E-state index contributed by atoms with van der Waals surface area (Å²) in [4.78, 5) is 11.9. The number of benzene rings is 2. The van der Waals surface area contributed by atoms with Crippen LogP contribution in [0.2, 0.25) is 0 Å². The number of hydrogen-bond donors (Lipinski definition) is 1. The number of hydrogen-bond acceptors (Lipinski definition) is 7. The molecule has 39 heavy (non-hydrogen) atoms. The van der Waals surface area contributed by atoms with Gasteiger partial charge in [0.2, 0.25) is 5.60 Å². The number of anilines is 2. The minimum atomic E-state index is -4.83. The van der Waals surface area contributed by atoms with Crippen LogP contribution in [0.25, 0.3) is 0 Å². The standard InChI is InChI=1S/C25H27F4N3O6S/c1-23(2,14-30)12-16-13-32(39(34,35)17-7-8-18(26)21(11-17)36-5)19-10-15(6-9-20(19)37-16)31-22(33)38-24(3,4)25(27,28)29/h6-11,16H,12-13H2,1-5H3,(H,31,33). The van der Waals surface area contributed by atoms with Gasteiger partial charge in [-0.05, 0) is 58.0 Å². The topological polar surface area (TPSA) is 118 Å². The molecule has 0 spiro atoms. The van der Waals surface area contributed by atoms with Crippen LogP contribution in [0.1, 0.15) is 34.1 Å². The number of nitriles is 1. The Morgan fingerprint density at radius 3 is 2.44 bits per heavy atom. The van der Waals surface area contributed by atoms with Gasteiger partial charge in [-0.1, -0.05) is 0 Å². The van der Waals surface area contributed by atoms with Crippen molar-refractivity contribution in [2.75, 3.05) is 23.3 Å². The van der Waals surface area contributed by atoms with E-state index in [1.807, 2.05) is 0 Å². The lowest BCUT2D eigenvalue weighted by molar-refractivity contribution is -0.242. The number of nitrogens with one attached hydrogen (secondary N) is 1. The van der Waals surface area contributed by atoms with Crippen LogP contribution in [0.15, 0.2) is 41.3 Å². The molecule has 1 aliphatic heterocycles. The van der Waals surface area contributed by atoms with E-state index in [0.29, 0.717) is 13.8 Å². The fourth-order valence-electron chi connectivity index (χ4n) is 3.70. The molecule has 0 saturated heterocycles. The normalized spacial score (nSPS) is 16.0. The van der Waals surface area contributed by atoms with Crippen LogP contribution in [0.3, 0.4) is 0 Å². The molecule has 1 heterocycles. The Labute approximate surface area is 223 Å². The Kier molecular flexibility index (Phi) is 7.98. The molecule has 1 amide bonds. The first-order valence-corrected chi connectivity index (χ1v) is 13.0. The molecule has 14 heteroatoms. The summed E-state index contributed by atoms with van der Waals surface area (Å²) < 4.78 is 97.1. The van der Waals surface area contributed by atoms with Gasteiger partial charge in [-0.15, -0.1) is 0 Å². The quantitative estimate of drug-likeness (QED) is 0.427. The molecule has 2 aromatic rings. The number of halogens is 4. The van der Waals surface area contributed by atoms with Crippen LogP contribution in [-0.2, 0) is 14.8 Å². The van der Waals surface area contributed by atoms with Crippen LogP contribution in [0, 0.1) is 22.6 Å². The fraction of sp³-hybridized carbons (Fsp3) is 0.440. The monoisotopic (exact) mass is 573 g/mol. The highest BCUT2D eigenvalue weighted by molar-refractivity contribution is 7.92. The van der Waals surface area contributed by atoms with Crippen molar-refractivity contribution in [1.82, 2.24) is 0 Å². The molecule has 0 aromatic heterocycles. The average Bonchev–Trinajstić information content (AvgIpc) is 2.82. The van der Waals surface area contributed by atoms with Gasteiger partial charge >= 0.3 is 12.3 Å². The van der Waals surface area contributed by atoms with E-state index in [4.69, 9.17) is 9.47 Å². The van der Waals surface area contributed by atoms with E-state index in [1.165, 1.54) is 25.3 Å². The van der Waals surface area contributed by atoms with E-state index >= 15 is 0 Å². The molecular weight excluding hydrogens is 546 g/mol. The second-order valence-electron chi connectivity index (χ2n) is 9.98. The van der Waals surface area contributed by atoms with Crippen molar-refractivity contribution in [2.24, 2.45) is 5.41 Å². The highest BCUT2D eigenvalue weighted by atomic mass is 32.2.